The van der Waals surface area contributed by atoms with Gasteiger partial charge in [-0.2, -0.15) is 0 Å². The van der Waals surface area contributed by atoms with Crippen molar-refractivity contribution in [3.8, 4) is 0 Å². The summed E-state index contributed by atoms with van der Waals surface area (Å²) >= 11 is 6.06. The summed E-state index contributed by atoms with van der Waals surface area (Å²) < 4.78 is 0. The number of para-hydroxylation sites is 1. The van der Waals surface area contributed by atoms with E-state index in [1.165, 1.54) is 28.0 Å². The number of hydrogen-bond donors (Lipinski definition) is 0. The van der Waals surface area contributed by atoms with E-state index < -0.39 is 0 Å². The minimum atomic E-state index is 0.789. The van der Waals surface area contributed by atoms with Crippen molar-refractivity contribution in [3.05, 3.63) is 64.2 Å². The van der Waals surface area contributed by atoms with Crippen LogP contribution in [0.2, 0.25) is 5.02 Å². The van der Waals surface area contributed by atoms with E-state index in [0.717, 1.165) is 17.1 Å². The first kappa shape index (κ1) is 10.1. The molecule has 2 aromatic carbocycles. The highest BCUT2D eigenvalue weighted by Crippen LogP contribution is 2.40. The van der Waals surface area contributed by atoms with Gasteiger partial charge >= 0.3 is 0 Å². The van der Waals surface area contributed by atoms with Crippen LogP contribution in [0.1, 0.15) is 16.7 Å². The van der Waals surface area contributed by atoms with E-state index in [1.54, 1.807) is 0 Å². The van der Waals surface area contributed by atoms with E-state index in [9.17, 15) is 0 Å². The normalized spacial score (nSPS) is 15.4. The first-order valence-electron chi connectivity index (χ1n) is 5.99. The third-order valence-corrected chi connectivity index (χ3v) is 3.76. The monoisotopic (exact) mass is 251 g/mol. The van der Waals surface area contributed by atoms with E-state index in [-0.39, 0.29) is 0 Å². The Bertz CT molecular complexity index is 726. The van der Waals surface area contributed by atoms with E-state index in [1.807, 2.05) is 18.2 Å². The molecule has 1 aliphatic carbocycles. The second-order valence-corrected chi connectivity index (χ2v) is 5.09. The number of nitrogens with zero attached hydrogens (tertiary/aromatic N) is 1. The second kappa shape index (κ2) is 3.56. The van der Waals surface area contributed by atoms with E-state index in [0.29, 0.717) is 0 Å². The molecule has 1 heterocycles. The molecule has 0 radical (unpaired) electrons. The zero-order valence-corrected chi connectivity index (χ0v) is 10.4. The Balaban J connectivity index is 1.95. The number of aliphatic imine (C=N–C) groups is 1. The fraction of sp³-hybridized carbons (Fsp3) is 0.0625. The molecule has 18 heavy (non-hydrogen) atoms. The number of hydrogen-bond acceptors (Lipinski definition) is 1. The molecule has 1 nitrogen and oxygen atoms in total. The van der Waals surface area contributed by atoms with Crippen LogP contribution >= 0.6 is 11.6 Å². The molecule has 0 spiro atoms. The highest BCUT2D eigenvalue weighted by molar-refractivity contribution is 6.35. The van der Waals surface area contributed by atoms with Crippen LogP contribution in [0.3, 0.4) is 0 Å². The average molecular weight is 252 g/mol. The van der Waals surface area contributed by atoms with Gasteiger partial charge in [-0.05, 0) is 35.4 Å². The van der Waals surface area contributed by atoms with Crippen LogP contribution in [0.5, 0.6) is 0 Å². The first-order chi connectivity index (χ1) is 8.81. The summed E-state index contributed by atoms with van der Waals surface area (Å²) in [4.78, 5) is 4.71. The van der Waals surface area contributed by atoms with Gasteiger partial charge in [-0.1, -0.05) is 35.9 Å². The number of halogens is 1. The molecule has 2 aromatic rings. The summed E-state index contributed by atoms with van der Waals surface area (Å²) in [6.45, 7) is 0. The van der Waals surface area contributed by atoms with Crippen molar-refractivity contribution in [2.75, 3.05) is 0 Å². The van der Waals surface area contributed by atoms with Crippen LogP contribution in [-0.4, -0.2) is 5.71 Å². The highest BCUT2D eigenvalue weighted by Gasteiger charge is 2.24. The summed E-state index contributed by atoms with van der Waals surface area (Å²) in [7, 11) is 0. The number of benzene rings is 2. The van der Waals surface area contributed by atoms with Gasteiger partial charge in [0.15, 0.2) is 0 Å². The van der Waals surface area contributed by atoms with Crippen molar-refractivity contribution in [1.29, 1.82) is 0 Å². The zero-order valence-electron chi connectivity index (χ0n) is 9.65. The van der Waals surface area contributed by atoms with Crippen molar-refractivity contribution < 1.29 is 0 Å². The molecular weight excluding hydrogens is 242 g/mol. The molecule has 0 aromatic heterocycles. The van der Waals surface area contributed by atoms with Crippen LogP contribution in [0.25, 0.3) is 11.6 Å². The van der Waals surface area contributed by atoms with E-state index >= 15 is 0 Å². The maximum absolute atomic E-state index is 6.06. The lowest BCUT2D eigenvalue weighted by Crippen LogP contribution is -2.08. The van der Waals surface area contributed by atoms with Crippen LogP contribution in [0.15, 0.2) is 47.5 Å². The quantitative estimate of drug-likeness (QED) is 0.653. The minimum absolute atomic E-state index is 0.789. The smallest absolute Gasteiger partial charge is 0.0712 e. The fourth-order valence-electron chi connectivity index (χ4n) is 2.65. The summed E-state index contributed by atoms with van der Waals surface area (Å²) in [5.74, 6) is 0. The number of rotatable bonds is 0. The van der Waals surface area contributed by atoms with Crippen molar-refractivity contribution in [2.24, 2.45) is 4.99 Å². The van der Waals surface area contributed by atoms with Crippen molar-refractivity contribution in [1.82, 2.24) is 0 Å². The van der Waals surface area contributed by atoms with Crippen LogP contribution in [0, 0.1) is 0 Å². The lowest BCUT2D eigenvalue weighted by atomic mass is 9.88. The number of allylic oxidation sites excluding steroid dienone is 1. The molecule has 4 rings (SSSR count). The maximum Gasteiger partial charge on any atom is 0.0712 e. The standard InChI is InChI=1S/C16H10ClN/c17-12-6-5-10-9-16-14(8-11(10)7-12)13-3-1-2-4-15(13)18-16/h1-8H,9H2. The van der Waals surface area contributed by atoms with Gasteiger partial charge < -0.3 is 0 Å². The molecule has 0 saturated carbocycles. The maximum atomic E-state index is 6.06. The summed E-state index contributed by atoms with van der Waals surface area (Å²) in [5.41, 5.74) is 7.25. The molecule has 0 atom stereocenters. The van der Waals surface area contributed by atoms with Gasteiger partial charge in [0.2, 0.25) is 0 Å². The Kier molecular flexibility index (Phi) is 2.00. The van der Waals surface area contributed by atoms with E-state index in [4.69, 9.17) is 16.6 Å². The Hall–Kier alpha value is -1.86. The minimum Gasteiger partial charge on any atom is -0.252 e. The SMILES string of the molecule is Clc1ccc2c(c1)C=C1C(=Nc3ccccc31)C2. The van der Waals surface area contributed by atoms with Gasteiger partial charge in [0.1, 0.15) is 0 Å². The Morgan fingerprint density at radius 1 is 1.06 bits per heavy atom. The van der Waals surface area contributed by atoms with Gasteiger partial charge in [-0.3, -0.25) is 4.99 Å². The molecule has 2 heteroatoms. The molecular formula is C16H10ClN. The molecule has 1 aliphatic heterocycles. The topological polar surface area (TPSA) is 12.4 Å². The molecule has 0 N–H and O–H groups in total. The number of fused-ring (bicyclic) bond motifs is 4. The van der Waals surface area contributed by atoms with Crippen LogP contribution < -0.4 is 0 Å². The van der Waals surface area contributed by atoms with Crippen molar-refractivity contribution in [2.45, 2.75) is 6.42 Å². The molecule has 0 amide bonds. The molecule has 2 aliphatic rings. The first-order valence-corrected chi connectivity index (χ1v) is 6.36. The molecule has 0 bridgehead atoms. The van der Waals surface area contributed by atoms with Gasteiger partial charge in [0.05, 0.1) is 11.4 Å². The average Bonchev–Trinajstić information content (AvgIpc) is 2.74. The Morgan fingerprint density at radius 2 is 1.94 bits per heavy atom. The fourth-order valence-corrected chi connectivity index (χ4v) is 2.83. The summed E-state index contributed by atoms with van der Waals surface area (Å²) in [6.07, 6.45) is 3.10. The van der Waals surface area contributed by atoms with Crippen molar-refractivity contribution >= 4 is 34.6 Å². The molecule has 0 fully saturated rings. The largest absolute Gasteiger partial charge is 0.252 e. The Morgan fingerprint density at radius 3 is 2.89 bits per heavy atom. The third-order valence-electron chi connectivity index (χ3n) is 3.53. The third kappa shape index (κ3) is 1.37. The Labute approximate surface area is 110 Å². The van der Waals surface area contributed by atoms with Gasteiger partial charge in [0.25, 0.3) is 0 Å². The molecule has 86 valence electrons. The lowest BCUT2D eigenvalue weighted by molar-refractivity contribution is 1.31. The highest BCUT2D eigenvalue weighted by atomic mass is 35.5. The summed E-state index contributed by atoms with van der Waals surface area (Å²) in [6, 6.07) is 14.4. The van der Waals surface area contributed by atoms with Crippen LogP contribution in [-0.2, 0) is 6.42 Å². The van der Waals surface area contributed by atoms with Gasteiger partial charge in [-0.25, -0.2) is 0 Å². The zero-order chi connectivity index (χ0) is 12.1. The predicted molar refractivity (Wildman–Crippen MR) is 76.6 cm³/mol. The van der Waals surface area contributed by atoms with Gasteiger partial charge in [-0.15, -0.1) is 0 Å². The summed E-state index contributed by atoms with van der Waals surface area (Å²) in [5, 5.41) is 0.789. The van der Waals surface area contributed by atoms with E-state index in [2.05, 4.69) is 30.3 Å². The predicted octanol–water partition coefficient (Wildman–Crippen LogP) is 4.52. The van der Waals surface area contributed by atoms with Crippen molar-refractivity contribution in [3.63, 3.8) is 0 Å². The van der Waals surface area contributed by atoms with Crippen LogP contribution in [0.4, 0.5) is 5.69 Å². The molecule has 0 saturated heterocycles. The molecule has 0 unspecified atom stereocenters. The van der Waals surface area contributed by atoms with Gasteiger partial charge in [0, 0.05) is 22.6 Å². The lowest BCUT2D eigenvalue weighted by Gasteiger charge is -2.15. The second-order valence-electron chi connectivity index (χ2n) is 4.65.